The van der Waals surface area contributed by atoms with Crippen LogP contribution in [0, 0.1) is 0 Å². The van der Waals surface area contributed by atoms with Crippen molar-refractivity contribution in [1.29, 1.82) is 0 Å². The highest BCUT2D eigenvalue weighted by Crippen LogP contribution is 2.19. The van der Waals surface area contributed by atoms with Gasteiger partial charge in [0.1, 0.15) is 4.60 Å². The molecule has 0 amide bonds. The van der Waals surface area contributed by atoms with Crippen molar-refractivity contribution in [3.63, 3.8) is 0 Å². The smallest absolute Gasteiger partial charge is 0.251 e. The van der Waals surface area contributed by atoms with Crippen molar-refractivity contribution in [2.24, 2.45) is 0 Å². The second kappa shape index (κ2) is 3.16. The first kappa shape index (κ1) is 7.75. The SMILES string of the molecule is COc1ncc(Br)nc1Cl. The van der Waals surface area contributed by atoms with Gasteiger partial charge in [-0.3, -0.25) is 0 Å². The fraction of sp³-hybridized carbons (Fsp3) is 0.200. The molecule has 0 aliphatic heterocycles. The molecule has 0 fully saturated rings. The van der Waals surface area contributed by atoms with Crippen LogP contribution < -0.4 is 4.74 Å². The summed E-state index contributed by atoms with van der Waals surface area (Å²) in [4.78, 5) is 7.67. The quantitative estimate of drug-likeness (QED) is 0.729. The number of nitrogens with zero attached hydrogens (tertiary/aromatic N) is 2. The van der Waals surface area contributed by atoms with Gasteiger partial charge < -0.3 is 4.74 Å². The molecule has 1 heterocycles. The number of methoxy groups -OCH3 is 1. The minimum atomic E-state index is 0.261. The summed E-state index contributed by atoms with van der Waals surface area (Å²) < 4.78 is 5.37. The second-order valence-electron chi connectivity index (χ2n) is 1.49. The molecule has 0 spiro atoms. The van der Waals surface area contributed by atoms with E-state index in [1.807, 2.05) is 0 Å². The summed E-state index contributed by atoms with van der Waals surface area (Å²) in [5, 5.41) is 0.261. The molecule has 1 aromatic heterocycles. The van der Waals surface area contributed by atoms with Gasteiger partial charge in [0.05, 0.1) is 13.3 Å². The van der Waals surface area contributed by atoms with Gasteiger partial charge in [-0.1, -0.05) is 11.6 Å². The van der Waals surface area contributed by atoms with Gasteiger partial charge in [0, 0.05) is 0 Å². The van der Waals surface area contributed by atoms with E-state index in [0.29, 0.717) is 10.5 Å². The van der Waals surface area contributed by atoms with Crippen molar-refractivity contribution in [3.05, 3.63) is 16.0 Å². The molecule has 5 heteroatoms. The zero-order valence-electron chi connectivity index (χ0n) is 5.14. The molecule has 10 heavy (non-hydrogen) atoms. The Morgan fingerprint density at radius 1 is 1.70 bits per heavy atom. The van der Waals surface area contributed by atoms with Crippen LogP contribution in [0.5, 0.6) is 5.88 Å². The van der Waals surface area contributed by atoms with E-state index < -0.39 is 0 Å². The van der Waals surface area contributed by atoms with Crippen LogP contribution in [0.3, 0.4) is 0 Å². The monoisotopic (exact) mass is 222 g/mol. The van der Waals surface area contributed by atoms with Crippen LogP contribution >= 0.6 is 27.5 Å². The molecule has 0 aliphatic carbocycles. The normalized spacial score (nSPS) is 9.50. The summed E-state index contributed by atoms with van der Waals surface area (Å²) in [6.07, 6.45) is 1.52. The molecule has 0 atom stereocenters. The van der Waals surface area contributed by atoms with Gasteiger partial charge in [-0.25, -0.2) is 9.97 Å². The molecule has 0 N–H and O–H groups in total. The van der Waals surface area contributed by atoms with Gasteiger partial charge in [-0.2, -0.15) is 0 Å². The average Bonchev–Trinajstić information content (AvgIpc) is 1.88. The lowest BCUT2D eigenvalue weighted by Gasteiger charge is -1.98. The fourth-order valence-corrected chi connectivity index (χ4v) is 1.07. The van der Waals surface area contributed by atoms with E-state index in [2.05, 4.69) is 25.9 Å². The number of ether oxygens (including phenoxy) is 1. The number of hydrogen-bond donors (Lipinski definition) is 0. The molecule has 0 saturated heterocycles. The highest BCUT2D eigenvalue weighted by atomic mass is 79.9. The second-order valence-corrected chi connectivity index (χ2v) is 2.66. The first-order valence-corrected chi connectivity index (χ1v) is 3.63. The van der Waals surface area contributed by atoms with Gasteiger partial charge in [-0.05, 0) is 15.9 Å². The minimum Gasteiger partial charge on any atom is -0.479 e. The lowest BCUT2D eigenvalue weighted by Crippen LogP contribution is -1.90. The van der Waals surface area contributed by atoms with E-state index >= 15 is 0 Å². The average molecular weight is 223 g/mol. The van der Waals surface area contributed by atoms with E-state index in [4.69, 9.17) is 16.3 Å². The maximum atomic E-state index is 5.60. The number of halogens is 2. The lowest BCUT2D eigenvalue weighted by molar-refractivity contribution is 0.395. The van der Waals surface area contributed by atoms with Crippen LogP contribution in [0.4, 0.5) is 0 Å². The molecule has 0 saturated carbocycles. The molecule has 3 nitrogen and oxygen atoms in total. The molecule has 0 radical (unpaired) electrons. The Morgan fingerprint density at radius 3 is 2.90 bits per heavy atom. The van der Waals surface area contributed by atoms with E-state index in [0.717, 1.165) is 0 Å². The van der Waals surface area contributed by atoms with Gasteiger partial charge in [0.25, 0.3) is 5.88 Å². The third-order valence-corrected chi connectivity index (χ3v) is 1.49. The molecule has 54 valence electrons. The van der Waals surface area contributed by atoms with E-state index in [1.165, 1.54) is 13.3 Å². The van der Waals surface area contributed by atoms with Crippen molar-refractivity contribution in [2.45, 2.75) is 0 Å². The maximum Gasteiger partial charge on any atom is 0.251 e. The molecule has 1 rings (SSSR count). The molecular formula is C5H4BrClN2O. The largest absolute Gasteiger partial charge is 0.479 e. The highest BCUT2D eigenvalue weighted by molar-refractivity contribution is 9.10. The zero-order valence-corrected chi connectivity index (χ0v) is 7.48. The Hall–Kier alpha value is -0.350. The van der Waals surface area contributed by atoms with Gasteiger partial charge in [0.2, 0.25) is 0 Å². The van der Waals surface area contributed by atoms with Crippen LogP contribution in [-0.4, -0.2) is 17.1 Å². The standard InChI is InChI=1S/C5H4BrClN2O/c1-10-5-4(7)9-3(6)2-8-5/h2H,1H3. The summed E-state index contributed by atoms with van der Waals surface area (Å²) in [5.41, 5.74) is 0. The van der Waals surface area contributed by atoms with Crippen molar-refractivity contribution in [2.75, 3.05) is 7.11 Å². The Bertz CT molecular complexity index is 243. The van der Waals surface area contributed by atoms with Crippen LogP contribution in [0.15, 0.2) is 10.8 Å². The van der Waals surface area contributed by atoms with Crippen molar-refractivity contribution in [1.82, 2.24) is 9.97 Å². The maximum absolute atomic E-state index is 5.60. The van der Waals surface area contributed by atoms with Gasteiger partial charge in [0.15, 0.2) is 5.15 Å². The van der Waals surface area contributed by atoms with E-state index in [1.54, 1.807) is 0 Å². The summed E-state index contributed by atoms with van der Waals surface area (Å²) in [6.45, 7) is 0. The Kier molecular flexibility index (Phi) is 2.45. The number of aromatic nitrogens is 2. The van der Waals surface area contributed by atoms with Crippen molar-refractivity contribution in [3.8, 4) is 5.88 Å². The fourth-order valence-electron chi connectivity index (χ4n) is 0.473. The summed E-state index contributed by atoms with van der Waals surface area (Å²) in [7, 11) is 1.49. The topological polar surface area (TPSA) is 35.0 Å². The van der Waals surface area contributed by atoms with E-state index in [-0.39, 0.29) is 5.15 Å². The summed E-state index contributed by atoms with van der Waals surface area (Å²) >= 11 is 8.71. The minimum absolute atomic E-state index is 0.261. The molecular weight excluding hydrogens is 219 g/mol. The third-order valence-electron chi connectivity index (χ3n) is 0.863. The predicted molar refractivity (Wildman–Crippen MR) is 41.3 cm³/mol. The predicted octanol–water partition coefficient (Wildman–Crippen LogP) is 1.90. The van der Waals surface area contributed by atoms with Crippen LogP contribution in [0.1, 0.15) is 0 Å². The first-order chi connectivity index (χ1) is 4.74. The third kappa shape index (κ3) is 1.58. The number of rotatable bonds is 1. The number of hydrogen-bond acceptors (Lipinski definition) is 3. The Balaban J connectivity index is 3.07. The molecule has 0 aromatic carbocycles. The van der Waals surface area contributed by atoms with Gasteiger partial charge in [-0.15, -0.1) is 0 Å². The van der Waals surface area contributed by atoms with Crippen LogP contribution in [0.2, 0.25) is 5.15 Å². The highest BCUT2D eigenvalue weighted by Gasteiger charge is 2.01. The molecule has 1 aromatic rings. The summed E-state index contributed by atoms with van der Waals surface area (Å²) in [5.74, 6) is 0.338. The summed E-state index contributed by atoms with van der Waals surface area (Å²) in [6, 6.07) is 0. The lowest BCUT2D eigenvalue weighted by atomic mass is 10.7. The first-order valence-electron chi connectivity index (χ1n) is 2.46. The molecule has 0 bridgehead atoms. The molecule has 0 unspecified atom stereocenters. The van der Waals surface area contributed by atoms with Crippen LogP contribution in [-0.2, 0) is 0 Å². The van der Waals surface area contributed by atoms with Crippen LogP contribution in [0.25, 0.3) is 0 Å². The van der Waals surface area contributed by atoms with Crippen molar-refractivity contribution >= 4 is 27.5 Å². The Morgan fingerprint density at radius 2 is 2.40 bits per heavy atom. The van der Waals surface area contributed by atoms with E-state index in [9.17, 15) is 0 Å². The van der Waals surface area contributed by atoms with Gasteiger partial charge >= 0.3 is 0 Å². The Labute approximate surface area is 71.5 Å². The van der Waals surface area contributed by atoms with Crippen molar-refractivity contribution < 1.29 is 4.74 Å². The zero-order chi connectivity index (χ0) is 7.56. The molecule has 0 aliphatic rings.